The minimum atomic E-state index is -4.72. The van der Waals surface area contributed by atoms with Crippen LogP contribution in [-0.2, 0) is 10.2 Å². The van der Waals surface area contributed by atoms with E-state index in [0.717, 1.165) is 12.3 Å². The van der Waals surface area contributed by atoms with Gasteiger partial charge in [-0.1, -0.05) is 3.89 Å². The molecule has 0 fully saturated rings. The highest BCUT2D eigenvalue weighted by Crippen LogP contribution is 2.10. The minimum absolute atomic E-state index is 0.163. The Morgan fingerprint density at radius 2 is 2.18 bits per heavy atom. The average Bonchev–Trinajstić information content (AvgIpc) is 1.86. The van der Waals surface area contributed by atoms with Gasteiger partial charge in [-0.15, -0.1) is 0 Å². The molecule has 0 unspecified atom stereocenters. The van der Waals surface area contributed by atoms with Crippen molar-refractivity contribution in [3.63, 3.8) is 0 Å². The van der Waals surface area contributed by atoms with E-state index in [2.05, 4.69) is 4.98 Å². The first-order valence-corrected chi connectivity index (χ1v) is 4.05. The van der Waals surface area contributed by atoms with Crippen LogP contribution in [0.5, 0.6) is 0 Å². The van der Waals surface area contributed by atoms with Crippen molar-refractivity contribution in [2.24, 2.45) is 0 Å². The van der Waals surface area contributed by atoms with Crippen LogP contribution < -0.4 is 5.73 Å². The fourth-order valence-corrected chi connectivity index (χ4v) is 1.02. The lowest BCUT2D eigenvalue weighted by atomic mass is 10.4. The molecule has 1 aromatic heterocycles. The van der Waals surface area contributed by atoms with Crippen molar-refractivity contribution in [3.05, 3.63) is 18.3 Å². The van der Waals surface area contributed by atoms with E-state index in [1.54, 1.807) is 0 Å². The second-order valence-electron chi connectivity index (χ2n) is 1.87. The topological polar surface area (TPSA) is 73.0 Å². The third-order valence-corrected chi connectivity index (χ3v) is 1.73. The van der Waals surface area contributed by atoms with Gasteiger partial charge in [0.15, 0.2) is 5.03 Å². The van der Waals surface area contributed by atoms with Crippen molar-refractivity contribution in [3.8, 4) is 0 Å². The molecule has 0 saturated heterocycles. The number of hydrogen-bond donors (Lipinski definition) is 1. The molecule has 1 heterocycles. The Bertz CT molecular complexity index is 363. The summed E-state index contributed by atoms with van der Waals surface area (Å²) in [6.45, 7) is 0. The highest BCUT2D eigenvalue weighted by molar-refractivity contribution is 7.86. The van der Waals surface area contributed by atoms with Crippen LogP contribution in [0, 0.1) is 0 Å². The zero-order chi connectivity index (χ0) is 8.48. The number of pyridine rings is 1. The normalized spacial score (nSPS) is 11.4. The fraction of sp³-hybridized carbons (Fsp3) is 0. The number of nitrogens with two attached hydrogens (primary N) is 1. The average molecular weight is 176 g/mol. The molecule has 60 valence electrons. The smallest absolute Gasteiger partial charge is 0.349 e. The number of halogens is 1. The Morgan fingerprint density at radius 3 is 2.55 bits per heavy atom. The maximum absolute atomic E-state index is 12.2. The highest BCUT2D eigenvalue weighted by atomic mass is 32.3. The van der Waals surface area contributed by atoms with E-state index in [0.29, 0.717) is 0 Å². The van der Waals surface area contributed by atoms with Crippen LogP contribution in [0.1, 0.15) is 0 Å². The Morgan fingerprint density at radius 1 is 1.55 bits per heavy atom. The highest BCUT2D eigenvalue weighted by Gasteiger charge is 2.12. The molecule has 0 saturated carbocycles. The summed E-state index contributed by atoms with van der Waals surface area (Å²) in [5.41, 5.74) is 5.35. The Hall–Kier alpha value is -1.17. The van der Waals surface area contributed by atoms with Crippen LogP contribution in [0.4, 0.5) is 9.57 Å². The number of anilines is 1. The Kier molecular flexibility index (Phi) is 1.77. The molecule has 0 aromatic carbocycles. The summed E-state index contributed by atoms with van der Waals surface area (Å²) in [4.78, 5) is 3.27. The quantitative estimate of drug-likeness (QED) is 0.625. The first-order chi connectivity index (χ1) is 5.00. The monoisotopic (exact) mass is 176 g/mol. The molecular weight excluding hydrogens is 171 g/mol. The predicted octanol–water partition coefficient (Wildman–Crippen LogP) is 0.322. The summed E-state index contributed by atoms with van der Waals surface area (Å²) >= 11 is 0. The second kappa shape index (κ2) is 2.46. The zero-order valence-electron chi connectivity index (χ0n) is 5.36. The lowest BCUT2D eigenvalue weighted by molar-refractivity contribution is 0.548. The minimum Gasteiger partial charge on any atom is -0.399 e. The van der Waals surface area contributed by atoms with Gasteiger partial charge in [0.2, 0.25) is 0 Å². The van der Waals surface area contributed by atoms with Gasteiger partial charge in [0.1, 0.15) is 0 Å². The molecule has 0 aliphatic heterocycles. The van der Waals surface area contributed by atoms with Gasteiger partial charge in [0.25, 0.3) is 0 Å². The first-order valence-electron chi connectivity index (χ1n) is 2.66. The van der Waals surface area contributed by atoms with Crippen LogP contribution >= 0.6 is 0 Å². The van der Waals surface area contributed by atoms with Crippen LogP contribution in [0.2, 0.25) is 0 Å². The summed E-state index contributed by atoms with van der Waals surface area (Å²) in [7, 11) is -4.72. The van der Waals surface area contributed by atoms with Gasteiger partial charge in [-0.2, -0.15) is 8.42 Å². The maximum atomic E-state index is 12.2. The molecule has 1 aromatic rings. The number of nitrogens with zero attached hydrogens (tertiary/aromatic N) is 1. The SMILES string of the molecule is Nc1ccnc(S(=O)(=O)F)c1. The number of aromatic nitrogens is 1. The molecular formula is C5H5FN2O2S. The maximum Gasteiger partial charge on any atom is 0.349 e. The standard InChI is InChI=1S/C5H5FN2O2S/c6-11(9,10)5-3-4(7)1-2-8-5/h1-3H,(H2,7,8). The number of hydrogen-bond acceptors (Lipinski definition) is 4. The van der Waals surface area contributed by atoms with Crippen molar-refractivity contribution in [1.29, 1.82) is 0 Å². The third kappa shape index (κ3) is 1.87. The van der Waals surface area contributed by atoms with Crippen LogP contribution in [-0.4, -0.2) is 13.4 Å². The van der Waals surface area contributed by atoms with Gasteiger partial charge in [0.05, 0.1) is 0 Å². The largest absolute Gasteiger partial charge is 0.399 e. The van der Waals surface area contributed by atoms with Crippen molar-refractivity contribution < 1.29 is 12.3 Å². The molecule has 0 atom stereocenters. The molecule has 0 spiro atoms. The molecule has 6 heteroatoms. The molecule has 0 aliphatic carbocycles. The van der Waals surface area contributed by atoms with Crippen molar-refractivity contribution in [2.45, 2.75) is 5.03 Å². The summed E-state index contributed by atoms with van der Waals surface area (Å²) in [5.74, 6) is 0. The lowest BCUT2D eigenvalue weighted by Gasteiger charge is -1.93. The van der Waals surface area contributed by atoms with E-state index in [1.165, 1.54) is 6.07 Å². The molecule has 1 rings (SSSR count). The van der Waals surface area contributed by atoms with Gasteiger partial charge < -0.3 is 5.73 Å². The summed E-state index contributed by atoms with van der Waals surface area (Å²) < 4.78 is 32.6. The summed E-state index contributed by atoms with van der Waals surface area (Å²) in [6, 6.07) is 2.32. The second-order valence-corrected chi connectivity index (χ2v) is 3.16. The van der Waals surface area contributed by atoms with Crippen LogP contribution in [0.3, 0.4) is 0 Å². The molecule has 4 nitrogen and oxygen atoms in total. The predicted molar refractivity (Wildman–Crippen MR) is 36.9 cm³/mol. The van der Waals surface area contributed by atoms with Gasteiger partial charge in [0, 0.05) is 18.0 Å². The van der Waals surface area contributed by atoms with Gasteiger partial charge in [-0.3, -0.25) is 0 Å². The van der Waals surface area contributed by atoms with Crippen molar-refractivity contribution >= 4 is 15.9 Å². The molecule has 0 aliphatic rings. The van der Waals surface area contributed by atoms with Gasteiger partial charge in [-0.05, 0) is 6.07 Å². The number of rotatable bonds is 1. The molecule has 2 N–H and O–H groups in total. The Labute approximate surface area is 63.1 Å². The summed E-state index contributed by atoms with van der Waals surface area (Å²) in [6.07, 6.45) is 1.13. The molecule has 0 radical (unpaired) electrons. The Balaban J connectivity index is 3.28. The zero-order valence-corrected chi connectivity index (χ0v) is 6.18. The molecule has 11 heavy (non-hydrogen) atoms. The van der Waals surface area contributed by atoms with E-state index < -0.39 is 15.2 Å². The molecule has 0 bridgehead atoms. The van der Waals surface area contributed by atoms with E-state index in [9.17, 15) is 12.3 Å². The van der Waals surface area contributed by atoms with Crippen molar-refractivity contribution in [1.82, 2.24) is 4.98 Å². The van der Waals surface area contributed by atoms with Crippen LogP contribution in [0.25, 0.3) is 0 Å². The van der Waals surface area contributed by atoms with Crippen molar-refractivity contribution in [2.75, 3.05) is 5.73 Å². The lowest BCUT2D eigenvalue weighted by Crippen LogP contribution is -1.97. The van der Waals surface area contributed by atoms with Gasteiger partial charge >= 0.3 is 10.2 Å². The summed E-state index contributed by atoms with van der Waals surface area (Å²) in [5, 5.41) is -0.655. The van der Waals surface area contributed by atoms with E-state index in [4.69, 9.17) is 5.73 Å². The molecule has 0 amide bonds. The third-order valence-electron chi connectivity index (χ3n) is 1.01. The van der Waals surface area contributed by atoms with E-state index in [-0.39, 0.29) is 5.69 Å². The van der Waals surface area contributed by atoms with Crippen LogP contribution in [0.15, 0.2) is 23.4 Å². The number of nitrogen functional groups attached to an aromatic ring is 1. The van der Waals surface area contributed by atoms with E-state index >= 15 is 0 Å². The fourth-order valence-electron chi connectivity index (χ4n) is 0.558. The van der Waals surface area contributed by atoms with E-state index in [1.807, 2.05) is 0 Å². The first kappa shape index (κ1) is 7.93. The van der Waals surface area contributed by atoms with Gasteiger partial charge in [-0.25, -0.2) is 4.98 Å².